The second-order valence-corrected chi connectivity index (χ2v) is 6.58. The van der Waals surface area contributed by atoms with Crippen molar-refractivity contribution in [2.24, 2.45) is 0 Å². The number of carbonyl (C=O) groups excluding carboxylic acids is 1. The largest absolute Gasteiger partial charge is 0.439 e. The third-order valence-electron chi connectivity index (χ3n) is 4.63. The molecular weight excluding hydrogens is 354 g/mol. The van der Waals surface area contributed by atoms with Gasteiger partial charge in [-0.15, -0.1) is 0 Å². The minimum Gasteiger partial charge on any atom is -0.439 e. The molecule has 28 heavy (non-hydrogen) atoms. The van der Waals surface area contributed by atoms with Crippen LogP contribution in [0.2, 0.25) is 0 Å². The average molecular weight is 375 g/mol. The van der Waals surface area contributed by atoms with Crippen LogP contribution in [0.4, 0.5) is 5.95 Å². The highest BCUT2D eigenvalue weighted by Crippen LogP contribution is 2.20. The predicted octanol–water partition coefficient (Wildman–Crippen LogP) is 3.06. The molecule has 0 aliphatic carbocycles. The molecule has 7 heteroatoms. The Morgan fingerprint density at radius 2 is 1.71 bits per heavy atom. The van der Waals surface area contributed by atoms with Crippen LogP contribution < -0.4 is 15.0 Å². The van der Waals surface area contributed by atoms with Crippen LogP contribution in [0.5, 0.6) is 11.6 Å². The number of hydrogen-bond acceptors (Lipinski definition) is 6. The smallest absolute Gasteiger partial charge is 0.251 e. The van der Waals surface area contributed by atoms with Crippen LogP contribution in [-0.2, 0) is 0 Å². The van der Waals surface area contributed by atoms with Crippen LogP contribution in [0.3, 0.4) is 0 Å². The molecule has 1 amide bonds. The summed E-state index contributed by atoms with van der Waals surface area (Å²) in [4.78, 5) is 27.5. The monoisotopic (exact) mass is 375 g/mol. The summed E-state index contributed by atoms with van der Waals surface area (Å²) in [6, 6.07) is 14.7. The summed E-state index contributed by atoms with van der Waals surface area (Å²) in [6.45, 7) is 1.63. The molecule has 1 N–H and O–H groups in total. The van der Waals surface area contributed by atoms with Gasteiger partial charge in [-0.2, -0.15) is 0 Å². The van der Waals surface area contributed by atoms with E-state index in [1.165, 1.54) is 0 Å². The average Bonchev–Trinajstić information content (AvgIpc) is 2.76. The second-order valence-electron chi connectivity index (χ2n) is 6.58. The van der Waals surface area contributed by atoms with Gasteiger partial charge < -0.3 is 15.0 Å². The highest BCUT2D eigenvalue weighted by atomic mass is 16.5. The molecule has 1 aromatic carbocycles. The maximum absolute atomic E-state index is 12.6. The van der Waals surface area contributed by atoms with Crippen LogP contribution in [0.15, 0.2) is 67.1 Å². The van der Waals surface area contributed by atoms with Gasteiger partial charge in [0.1, 0.15) is 5.75 Å². The number of nitrogens with one attached hydrogen (secondary N) is 1. The van der Waals surface area contributed by atoms with Crippen molar-refractivity contribution in [3.05, 3.63) is 72.7 Å². The molecule has 0 saturated carbocycles. The first-order chi connectivity index (χ1) is 13.8. The fourth-order valence-electron chi connectivity index (χ4n) is 3.16. The molecule has 0 unspecified atom stereocenters. The number of amides is 1. The molecule has 1 saturated heterocycles. The minimum atomic E-state index is -0.116. The van der Waals surface area contributed by atoms with Gasteiger partial charge >= 0.3 is 0 Å². The molecule has 0 atom stereocenters. The number of pyridine rings is 1. The Hall–Kier alpha value is -3.48. The lowest BCUT2D eigenvalue weighted by atomic mass is 10.0. The molecule has 2 aromatic heterocycles. The number of hydrogen-bond donors (Lipinski definition) is 1. The van der Waals surface area contributed by atoms with Gasteiger partial charge in [0.2, 0.25) is 11.8 Å². The number of piperidine rings is 1. The third kappa shape index (κ3) is 4.43. The van der Waals surface area contributed by atoms with E-state index in [1.54, 1.807) is 36.8 Å². The zero-order chi connectivity index (χ0) is 19.2. The van der Waals surface area contributed by atoms with Gasteiger partial charge in [0, 0.05) is 49.4 Å². The van der Waals surface area contributed by atoms with E-state index in [-0.39, 0.29) is 11.9 Å². The topological polar surface area (TPSA) is 80.2 Å². The Morgan fingerprint density at radius 3 is 2.46 bits per heavy atom. The lowest BCUT2D eigenvalue weighted by Gasteiger charge is -2.32. The number of anilines is 1. The van der Waals surface area contributed by atoms with Gasteiger partial charge in [-0.3, -0.25) is 4.79 Å². The molecule has 1 fully saturated rings. The quantitative estimate of drug-likeness (QED) is 0.738. The summed E-state index contributed by atoms with van der Waals surface area (Å²) in [7, 11) is 0. The summed E-state index contributed by atoms with van der Waals surface area (Å²) in [5, 5.41) is 3.11. The molecule has 7 nitrogen and oxygen atoms in total. The van der Waals surface area contributed by atoms with E-state index >= 15 is 0 Å². The lowest BCUT2D eigenvalue weighted by Crippen LogP contribution is -2.45. The number of rotatable bonds is 5. The Bertz CT molecular complexity index is 912. The number of aromatic nitrogens is 3. The van der Waals surface area contributed by atoms with Crippen LogP contribution in [0.1, 0.15) is 23.2 Å². The molecule has 0 bridgehead atoms. The van der Waals surface area contributed by atoms with Crippen molar-refractivity contribution in [3.8, 4) is 11.6 Å². The first-order valence-electron chi connectivity index (χ1n) is 9.30. The van der Waals surface area contributed by atoms with Crippen molar-refractivity contribution in [2.75, 3.05) is 18.0 Å². The molecule has 1 aliphatic heterocycles. The molecule has 0 radical (unpaired) electrons. The van der Waals surface area contributed by atoms with Crippen molar-refractivity contribution < 1.29 is 9.53 Å². The van der Waals surface area contributed by atoms with Crippen molar-refractivity contribution in [1.29, 1.82) is 0 Å². The Kier molecular flexibility index (Phi) is 5.42. The summed E-state index contributed by atoms with van der Waals surface area (Å²) in [5.74, 6) is 1.71. The second kappa shape index (κ2) is 8.47. The van der Waals surface area contributed by atoms with Crippen molar-refractivity contribution in [2.45, 2.75) is 18.9 Å². The standard InChI is InChI=1S/C21H21N5O2/c27-20(16-7-12-22-19(15-16)28-18-5-2-1-3-6-18)25-17-8-13-26(14-9-17)21-23-10-4-11-24-21/h1-7,10-12,15,17H,8-9,13-14H2,(H,25,27). The van der Waals surface area contributed by atoms with Gasteiger partial charge in [-0.25, -0.2) is 15.0 Å². The van der Waals surface area contributed by atoms with Crippen LogP contribution in [0.25, 0.3) is 0 Å². The van der Waals surface area contributed by atoms with E-state index in [4.69, 9.17) is 4.74 Å². The number of nitrogens with zero attached hydrogens (tertiary/aromatic N) is 4. The van der Waals surface area contributed by atoms with Gasteiger partial charge in [0.25, 0.3) is 5.91 Å². The first kappa shape index (κ1) is 17.9. The minimum absolute atomic E-state index is 0.116. The summed E-state index contributed by atoms with van der Waals surface area (Å²) < 4.78 is 5.71. The highest BCUT2D eigenvalue weighted by Gasteiger charge is 2.22. The summed E-state index contributed by atoms with van der Waals surface area (Å²) in [6.07, 6.45) is 6.77. The molecule has 1 aliphatic rings. The molecule has 3 heterocycles. The van der Waals surface area contributed by atoms with Gasteiger partial charge in [0.05, 0.1) is 0 Å². The SMILES string of the molecule is O=C(NC1CCN(c2ncccn2)CC1)c1ccnc(Oc2ccccc2)c1. The zero-order valence-corrected chi connectivity index (χ0v) is 15.4. The van der Waals surface area contributed by atoms with Gasteiger partial charge in [-0.05, 0) is 37.1 Å². The Balaban J connectivity index is 1.33. The number of carbonyl (C=O) groups is 1. The maximum atomic E-state index is 12.6. The molecular formula is C21H21N5O2. The molecule has 3 aromatic rings. The number of benzene rings is 1. The Labute approximate surface area is 163 Å². The Morgan fingerprint density at radius 1 is 0.964 bits per heavy atom. The number of ether oxygens (including phenoxy) is 1. The van der Waals surface area contributed by atoms with E-state index in [0.717, 1.165) is 31.9 Å². The summed E-state index contributed by atoms with van der Waals surface area (Å²) >= 11 is 0. The van der Waals surface area contributed by atoms with E-state index in [0.29, 0.717) is 17.2 Å². The highest BCUT2D eigenvalue weighted by molar-refractivity contribution is 5.94. The predicted molar refractivity (Wildman–Crippen MR) is 105 cm³/mol. The first-order valence-corrected chi connectivity index (χ1v) is 9.30. The van der Waals surface area contributed by atoms with Crippen LogP contribution >= 0.6 is 0 Å². The van der Waals surface area contributed by atoms with E-state index in [2.05, 4.69) is 25.2 Å². The number of para-hydroxylation sites is 1. The van der Waals surface area contributed by atoms with Crippen molar-refractivity contribution in [3.63, 3.8) is 0 Å². The molecule has 142 valence electrons. The van der Waals surface area contributed by atoms with Crippen LogP contribution in [0, 0.1) is 0 Å². The van der Waals surface area contributed by atoms with E-state index in [1.807, 2.05) is 30.3 Å². The van der Waals surface area contributed by atoms with Crippen LogP contribution in [-0.4, -0.2) is 40.0 Å². The lowest BCUT2D eigenvalue weighted by molar-refractivity contribution is 0.0930. The normalized spacial score (nSPS) is 14.5. The summed E-state index contributed by atoms with van der Waals surface area (Å²) in [5.41, 5.74) is 0.537. The molecule has 4 rings (SSSR count). The van der Waals surface area contributed by atoms with Gasteiger partial charge in [-0.1, -0.05) is 18.2 Å². The van der Waals surface area contributed by atoms with E-state index < -0.39 is 0 Å². The van der Waals surface area contributed by atoms with Crippen molar-refractivity contribution >= 4 is 11.9 Å². The fraction of sp³-hybridized carbons (Fsp3) is 0.238. The van der Waals surface area contributed by atoms with Gasteiger partial charge in [0.15, 0.2) is 0 Å². The molecule has 0 spiro atoms. The fourth-order valence-corrected chi connectivity index (χ4v) is 3.16. The third-order valence-corrected chi connectivity index (χ3v) is 4.63. The maximum Gasteiger partial charge on any atom is 0.251 e. The zero-order valence-electron chi connectivity index (χ0n) is 15.4. The van der Waals surface area contributed by atoms with Crippen molar-refractivity contribution in [1.82, 2.24) is 20.3 Å². The van der Waals surface area contributed by atoms with E-state index in [9.17, 15) is 4.79 Å².